The maximum absolute atomic E-state index is 10.1. The van der Waals surface area contributed by atoms with Crippen molar-refractivity contribution in [1.29, 1.82) is 0 Å². The molecule has 2 rings (SSSR count). The van der Waals surface area contributed by atoms with E-state index >= 15 is 0 Å². The molecule has 4 heteroatoms. The molecule has 0 aliphatic rings. The molecule has 0 saturated carbocycles. The number of pyridine rings is 1. The molecule has 1 aromatic carbocycles. The normalized spacial score (nSPS) is 10.4. The zero-order valence-electron chi connectivity index (χ0n) is 9.52. The molecule has 0 bridgehead atoms. The molecule has 2 N–H and O–H groups in total. The summed E-state index contributed by atoms with van der Waals surface area (Å²) in [6.45, 7) is 1.89. The van der Waals surface area contributed by atoms with Gasteiger partial charge in [0.25, 0.3) is 0 Å². The number of hydrogen-bond acceptors (Lipinski definition) is 4. The number of nitrogens with one attached hydrogen (secondary N) is 2. The molecule has 0 unspecified atom stereocenters. The first-order chi connectivity index (χ1) is 8.40. The molecule has 0 radical (unpaired) electrons. The average Bonchev–Trinajstić information content (AvgIpc) is 2.38. The third-order valence-corrected chi connectivity index (χ3v) is 2.43. The zero-order chi connectivity index (χ0) is 11.9. The number of anilines is 1. The Balaban J connectivity index is 1.92. The SMILES string of the molecule is O=CCNCCNc1ccc2ccccc2n1. The van der Waals surface area contributed by atoms with E-state index in [0.717, 1.165) is 36.1 Å². The maximum Gasteiger partial charge on any atom is 0.133 e. The third-order valence-electron chi connectivity index (χ3n) is 2.43. The molecule has 88 valence electrons. The average molecular weight is 229 g/mol. The number of rotatable bonds is 6. The quantitative estimate of drug-likeness (QED) is 0.581. The summed E-state index contributed by atoms with van der Waals surface area (Å²) in [5.74, 6) is 0.858. The summed E-state index contributed by atoms with van der Waals surface area (Å²) < 4.78 is 0. The van der Waals surface area contributed by atoms with Gasteiger partial charge in [0.2, 0.25) is 0 Å². The standard InChI is InChI=1S/C13H15N3O/c17-10-9-14-7-8-15-13-6-5-11-3-1-2-4-12(11)16-13/h1-6,10,14H,7-9H2,(H,15,16). The summed E-state index contributed by atoms with van der Waals surface area (Å²) in [6.07, 6.45) is 0.855. The van der Waals surface area contributed by atoms with Crippen molar-refractivity contribution in [2.45, 2.75) is 0 Å². The summed E-state index contributed by atoms with van der Waals surface area (Å²) >= 11 is 0. The summed E-state index contributed by atoms with van der Waals surface area (Å²) in [4.78, 5) is 14.6. The van der Waals surface area contributed by atoms with E-state index < -0.39 is 0 Å². The lowest BCUT2D eigenvalue weighted by Gasteiger charge is -2.06. The number of aromatic nitrogens is 1. The Morgan fingerprint density at radius 3 is 2.88 bits per heavy atom. The Morgan fingerprint density at radius 1 is 1.12 bits per heavy atom. The summed E-state index contributed by atoms with van der Waals surface area (Å²) in [6, 6.07) is 12.0. The molecule has 1 aromatic heterocycles. The van der Waals surface area contributed by atoms with Gasteiger partial charge in [-0.2, -0.15) is 0 Å². The van der Waals surface area contributed by atoms with Gasteiger partial charge in [-0.25, -0.2) is 4.98 Å². The number of fused-ring (bicyclic) bond motifs is 1. The molecule has 1 heterocycles. The second-order valence-electron chi connectivity index (χ2n) is 3.69. The first kappa shape index (κ1) is 11.5. The number of hydrogen-bond donors (Lipinski definition) is 2. The van der Waals surface area contributed by atoms with Gasteiger partial charge in [-0.15, -0.1) is 0 Å². The molecule has 0 spiro atoms. The minimum Gasteiger partial charge on any atom is -0.369 e. The first-order valence-electron chi connectivity index (χ1n) is 5.64. The highest BCUT2D eigenvalue weighted by Gasteiger charge is 1.96. The van der Waals surface area contributed by atoms with Gasteiger partial charge in [0.15, 0.2) is 0 Å². The maximum atomic E-state index is 10.1. The van der Waals surface area contributed by atoms with Crippen molar-refractivity contribution in [2.24, 2.45) is 0 Å². The Hall–Kier alpha value is -1.94. The minimum atomic E-state index is 0.396. The van der Waals surface area contributed by atoms with Gasteiger partial charge in [0, 0.05) is 18.5 Å². The molecular weight excluding hydrogens is 214 g/mol. The molecule has 0 atom stereocenters. The van der Waals surface area contributed by atoms with Crippen molar-refractivity contribution >= 4 is 23.0 Å². The van der Waals surface area contributed by atoms with Crippen LogP contribution < -0.4 is 10.6 Å². The highest BCUT2D eigenvalue weighted by atomic mass is 16.1. The van der Waals surface area contributed by atoms with Crippen LogP contribution in [-0.4, -0.2) is 30.9 Å². The van der Waals surface area contributed by atoms with E-state index in [1.54, 1.807) is 0 Å². The predicted molar refractivity (Wildman–Crippen MR) is 69.2 cm³/mol. The van der Waals surface area contributed by atoms with E-state index in [9.17, 15) is 4.79 Å². The predicted octanol–water partition coefficient (Wildman–Crippen LogP) is 1.44. The highest BCUT2D eigenvalue weighted by molar-refractivity contribution is 5.79. The molecular formula is C13H15N3O. The number of para-hydroxylation sites is 1. The first-order valence-corrected chi connectivity index (χ1v) is 5.64. The molecule has 0 aliphatic heterocycles. The smallest absolute Gasteiger partial charge is 0.133 e. The Kier molecular flexibility index (Phi) is 4.05. The summed E-state index contributed by atoms with van der Waals surface area (Å²) in [5, 5.41) is 7.33. The monoisotopic (exact) mass is 229 g/mol. The van der Waals surface area contributed by atoms with E-state index in [1.807, 2.05) is 36.4 Å². The van der Waals surface area contributed by atoms with Gasteiger partial charge < -0.3 is 15.4 Å². The third kappa shape index (κ3) is 3.26. The largest absolute Gasteiger partial charge is 0.369 e. The fraction of sp³-hybridized carbons (Fsp3) is 0.231. The minimum absolute atomic E-state index is 0.396. The molecule has 2 aromatic rings. The highest BCUT2D eigenvalue weighted by Crippen LogP contribution is 2.13. The number of nitrogens with zero attached hydrogens (tertiary/aromatic N) is 1. The molecule has 0 fully saturated rings. The van der Waals surface area contributed by atoms with Crippen LogP contribution in [0.25, 0.3) is 10.9 Å². The van der Waals surface area contributed by atoms with E-state index in [2.05, 4.69) is 15.6 Å². The van der Waals surface area contributed by atoms with Crippen LogP contribution in [0, 0.1) is 0 Å². The van der Waals surface area contributed by atoms with Crippen LogP contribution in [0.15, 0.2) is 36.4 Å². The topological polar surface area (TPSA) is 54.0 Å². The molecule has 0 saturated heterocycles. The van der Waals surface area contributed by atoms with Crippen molar-refractivity contribution in [3.63, 3.8) is 0 Å². The van der Waals surface area contributed by atoms with Gasteiger partial charge in [-0.05, 0) is 18.2 Å². The number of carbonyl (C=O) groups is 1. The Morgan fingerprint density at radius 2 is 2.00 bits per heavy atom. The van der Waals surface area contributed by atoms with E-state index in [0.29, 0.717) is 6.54 Å². The number of carbonyl (C=O) groups excluding carboxylic acids is 1. The lowest BCUT2D eigenvalue weighted by atomic mass is 10.2. The Bertz CT molecular complexity index is 499. The fourth-order valence-corrected chi connectivity index (χ4v) is 1.60. The lowest BCUT2D eigenvalue weighted by Crippen LogP contribution is -2.23. The van der Waals surface area contributed by atoms with E-state index in [-0.39, 0.29) is 0 Å². The van der Waals surface area contributed by atoms with Crippen molar-refractivity contribution in [2.75, 3.05) is 25.0 Å². The van der Waals surface area contributed by atoms with Crippen molar-refractivity contribution in [3.8, 4) is 0 Å². The molecule has 17 heavy (non-hydrogen) atoms. The van der Waals surface area contributed by atoms with Crippen LogP contribution in [-0.2, 0) is 4.79 Å². The van der Waals surface area contributed by atoms with Crippen molar-refractivity contribution in [3.05, 3.63) is 36.4 Å². The van der Waals surface area contributed by atoms with Crippen LogP contribution in [0.1, 0.15) is 0 Å². The van der Waals surface area contributed by atoms with Crippen LogP contribution >= 0.6 is 0 Å². The van der Waals surface area contributed by atoms with Crippen molar-refractivity contribution < 1.29 is 4.79 Å². The van der Waals surface area contributed by atoms with Crippen LogP contribution in [0.2, 0.25) is 0 Å². The second kappa shape index (κ2) is 5.96. The van der Waals surface area contributed by atoms with Crippen LogP contribution in [0.5, 0.6) is 0 Å². The Labute approximate surface area is 100 Å². The molecule has 0 aliphatic carbocycles. The van der Waals surface area contributed by atoms with Crippen LogP contribution in [0.4, 0.5) is 5.82 Å². The van der Waals surface area contributed by atoms with Gasteiger partial charge in [-0.1, -0.05) is 18.2 Å². The van der Waals surface area contributed by atoms with E-state index in [1.165, 1.54) is 0 Å². The van der Waals surface area contributed by atoms with Gasteiger partial charge >= 0.3 is 0 Å². The van der Waals surface area contributed by atoms with Gasteiger partial charge in [-0.3, -0.25) is 0 Å². The van der Waals surface area contributed by atoms with Crippen LogP contribution in [0.3, 0.4) is 0 Å². The van der Waals surface area contributed by atoms with Crippen molar-refractivity contribution in [1.82, 2.24) is 10.3 Å². The summed E-state index contributed by atoms with van der Waals surface area (Å²) in [7, 11) is 0. The van der Waals surface area contributed by atoms with E-state index in [4.69, 9.17) is 0 Å². The number of benzene rings is 1. The van der Waals surface area contributed by atoms with Gasteiger partial charge in [0.05, 0.1) is 12.1 Å². The zero-order valence-corrected chi connectivity index (χ0v) is 9.52. The van der Waals surface area contributed by atoms with Gasteiger partial charge in [0.1, 0.15) is 12.1 Å². The number of aldehydes is 1. The lowest BCUT2D eigenvalue weighted by molar-refractivity contribution is -0.107. The fourth-order valence-electron chi connectivity index (χ4n) is 1.60. The molecule has 0 amide bonds. The second-order valence-corrected chi connectivity index (χ2v) is 3.69. The summed E-state index contributed by atoms with van der Waals surface area (Å²) in [5.41, 5.74) is 0.985. The molecule has 4 nitrogen and oxygen atoms in total.